The molecule has 1 aliphatic rings. The van der Waals surface area contributed by atoms with E-state index in [0.29, 0.717) is 22.3 Å². The molecule has 26 heavy (non-hydrogen) atoms. The lowest BCUT2D eigenvalue weighted by Crippen LogP contribution is -2.33. The lowest BCUT2D eigenvalue weighted by Gasteiger charge is -2.25. The van der Waals surface area contributed by atoms with Crippen molar-refractivity contribution in [2.45, 2.75) is 40.5 Å². The first-order valence-electron chi connectivity index (χ1n) is 8.33. The number of allylic oxidation sites excluding steroid dienone is 2. The summed E-state index contributed by atoms with van der Waals surface area (Å²) in [5.41, 5.74) is 2.71. The number of Topliss-reactive ketones (excluding diaryl/α,β-unsaturated/α-hetero) is 2. The van der Waals surface area contributed by atoms with E-state index in [0.717, 1.165) is 0 Å². The maximum atomic E-state index is 12.3. The van der Waals surface area contributed by atoms with E-state index in [2.05, 4.69) is 18.5 Å². The molecular formula is C20H25NO5. The van der Waals surface area contributed by atoms with Crippen molar-refractivity contribution in [1.82, 2.24) is 5.32 Å². The number of nitrogens with one attached hydrogen (secondary N) is 1. The normalized spacial score (nSPS) is 13.1. The van der Waals surface area contributed by atoms with Gasteiger partial charge in [0, 0.05) is 19.4 Å². The van der Waals surface area contributed by atoms with Gasteiger partial charge < -0.3 is 10.1 Å². The molecule has 1 aliphatic carbocycles. The molecule has 0 aromatic carbocycles. The SMILES string of the molecule is C=C(C)C(=O)CCNC(=O)C1=C(C(=O)OCCC(=O)C(=C)C)C(C)=C1C. The molecule has 0 spiro atoms. The Morgan fingerprint density at radius 2 is 1.38 bits per heavy atom. The van der Waals surface area contributed by atoms with Crippen molar-refractivity contribution in [3.05, 3.63) is 46.6 Å². The maximum Gasteiger partial charge on any atom is 0.339 e. The van der Waals surface area contributed by atoms with Crippen LogP contribution in [0.25, 0.3) is 0 Å². The number of esters is 1. The molecule has 6 nitrogen and oxygen atoms in total. The zero-order valence-corrected chi connectivity index (χ0v) is 15.8. The number of ketones is 2. The molecule has 0 saturated heterocycles. The highest BCUT2D eigenvalue weighted by molar-refractivity contribution is 6.12. The van der Waals surface area contributed by atoms with Gasteiger partial charge >= 0.3 is 5.97 Å². The quantitative estimate of drug-likeness (QED) is 0.478. The molecule has 0 aliphatic heterocycles. The van der Waals surface area contributed by atoms with E-state index >= 15 is 0 Å². The molecule has 1 N–H and O–H groups in total. The predicted octanol–water partition coefficient (Wildman–Crippen LogP) is 2.36. The van der Waals surface area contributed by atoms with Crippen LogP contribution < -0.4 is 5.32 Å². The highest BCUT2D eigenvalue weighted by Gasteiger charge is 2.33. The molecule has 0 radical (unpaired) electrons. The number of carbonyl (C=O) groups excluding carboxylic acids is 4. The number of hydrogen-bond donors (Lipinski definition) is 1. The van der Waals surface area contributed by atoms with Crippen LogP contribution in [0.1, 0.15) is 40.5 Å². The summed E-state index contributed by atoms with van der Waals surface area (Å²) >= 11 is 0. The Bertz CT molecular complexity index is 690. The second kappa shape index (κ2) is 9.08. The van der Waals surface area contributed by atoms with Crippen molar-refractivity contribution >= 4 is 23.4 Å². The molecular weight excluding hydrogens is 334 g/mol. The second-order valence-electron chi connectivity index (χ2n) is 6.30. The lowest BCUT2D eigenvalue weighted by atomic mass is 9.81. The fourth-order valence-corrected chi connectivity index (χ4v) is 2.34. The van der Waals surface area contributed by atoms with Crippen LogP contribution in [0.4, 0.5) is 0 Å². The van der Waals surface area contributed by atoms with Crippen LogP contribution in [0, 0.1) is 0 Å². The van der Waals surface area contributed by atoms with E-state index in [1.54, 1.807) is 27.7 Å². The standard InChI is InChI=1S/C20H25NO5/c1-11(2)15(22)7-9-21-19(24)17-13(5)14(6)18(17)20(25)26-10-8-16(23)12(3)4/h1,3,7-10H2,2,4-6H3,(H,21,24). The van der Waals surface area contributed by atoms with Crippen LogP contribution in [0.2, 0.25) is 0 Å². The van der Waals surface area contributed by atoms with Gasteiger partial charge in [0.05, 0.1) is 17.8 Å². The van der Waals surface area contributed by atoms with Crippen LogP contribution in [-0.2, 0) is 23.9 Å². The Hall–Kier alpha value is -2.76. The van der Waals surface area contributed by atoms with Gasteiger partial charge in [-0.1, -0.05) is 13.2 Å². The fraction of sp³-hybridized carbons (Fsp3) is 0.400. The third-order valence-corrected chi connectivity index (χ3v) is 4.15. The first-order valence-corrected chi connectivity index (χ1v) is 8.33. The van der Waals surface area contributed by atoms with Gasteiger partial charge in [0.15, 0.2) is 11.6 Å². The molecule has 0 heterocycles. The van der Waals surface area contributed by atoms with Gasteiger partial charge in [-0.15, -0.1) is 0 Å². The Kier molecular flexibility index (Phi) is 7.43. The van der Waals surface area contributed by atoms with Crippen molar-refractivity contribution in [3.63, 3.8) is 0 Å². The zero-order valence-electron chi connectivity index (χ0n) is 15.8. The highest BCUT2D eigenvalue weighted by Crippen LogP contribution is 2.35. The first kappa shape index (κ1) is 21.3. The topological polar surface area (TPSA) is 89.5 Å². The van der Waals surface area contributed by atoms with Crippen LogP contribution >= 0.6 is 0 Å². The minimum Gasteiger partial charge on any atom is -0.462 e. The summed E-state index contributed by atoms with van der Waals surface area (Å²) in [5.74, 6) is -1.36. The average molecular weight is 359 g/mol. The van der Waals surface area contributed by atoms with Crippen LogP contribution in [0.5, 0.6) is 0 Å². The summed E-state index contributed by atoms with van der Waals surface area (Å²) in [7, 11) is 0. The van der Waals surface area contributed by atoms with Crippen molar-refractivity contribution < 1.29 is 23.9 Å². The Morgan fingerprint density at radius 1 is 0.885 bits per heavy atom. The van der Waals surface area contributed by atoms with E-state index in [9.17, 15) is 19.2 Å². The van der Waals surface area contributed by atoms with Crippen LogP contribution in [0.3, 0.4) is 0 Å². The number of hydrogen-bond acceptors (Lipinski definition) is 5. The molecule has 0 atom stereocenters. The van der Waals surface area contributed by atoms with Crippen molar-refractivity contribution in [2.24, 2.45) is 0 Å². The van der Waals surface area contributed by atoms with Gasteiger partial charge in [0.25, 0.3) is 5.91 Å². The smallest absolute Gasteiger partial charge is 0.339 e. The minimum absolute atomic E-state index is 0.0562. The summed E-state index contributed by atoms with van der Waals surface area (Å²) in [4.78, 5) is 47.5. The summed E-state index contributed by atoms with van der Waals surface area (Å²) in [5, 5.41) is 2.63. The van der Waals surface area contributed by atoms with E-state index in [1.807, 2.05) is 0 Å². The largest absolute Gasteiger partial charge is 0.462 e. The molecule has 0 unspecified atom stereocenters. The molecule has 0 aromatic heterocycles. The van der Waals surface area contributed by atoms with Crippen molar-refractivity contribution in [1.29, 1.82) is 0 Å². The Labute approximate surface area is 153 Å². The van der Waals surface area contributed by atoms with Gasteiger partial charge in [-0.05, 0) is 50.0 Å². The van der Waals surface area contributed by atoms with Crippen LogP contribution in [0.15, 0.2) is 46.6 Å². The molecule has 0 saturated carbocycles. The monoisotopic (exact) mass is 359 g/mol. The zero-order chi connectivity index (χ0) is 20.0. The van der Waals surface area contributed by atoms with E-state index < -0.39 is 11.9 Å². The lowest BCUT2D eigenvalue weighted by molar-refractivity contribution is -0.139. The molecule has 6 heteroatoms. The molecule has 1 amide bonds. The number of carbonyl (C=O) groups is 4. The van der Waals surface area contributed by atoms with Crippen molar-refractivity contribution in [2.75, 3.05) is 13.2 Å². The minimum atomic E-state index is -0.634. The van der Waals surface area contributed by atoms with Gasteiger partial charge in [-0.3, -0.25) is 14.4 Å². The van der Waals surface area contributed by atoms with Gasteiger partial charge in [-0.2, -0.15) is 0 Å². The summed E-state index contributed by atoms with van der Waals surface area (Å²) < 4.78 is 5.10. The van der Waals surface area contributed by atoms with Gasteiger partial charge in [0.2, 0.25) is 0 Å². The van der Waals surface area contributed by atoms with Crippen LogP contribution in [-0.4, -0.2) is 36.6 Å². The van der Waals surface area contributed by atoms with E-state index in [4.69, 9.17) is 4.74 Å². The predicted molar refractivity (Wildman–Crippen MR) is 98.2 cm³/mol. The third-order valence-electron chi connectivity index (χ3n) is 4.15. The second-order valence-corrected chi connectivity index (χ2v) is 6.30. The van der Waals surface area contributed by atoms with E-state index in [1.165, 1.54) is 0 Å². The third kappa shape index (κ3) is 5.12. The van der Waals surface area contributed by atoms with Gasteiger partial charge in [-0.25, -0.2) is 4.79 Å². The van der Waals surface area contributed by atoms with Crippen molar-refractivity contribution in [3.8, 4) is 0 Å². The summed E-state index contributed by atoms with van der Waals surface area (Å²) in [6.45, 7) is 13.9. The number of amides is 1. The first-order chi connectivity index (χ1) is 12.1. The summed E-state index contributed by atoms with van der Waals surface area (Å²) in [6, 6.07) is 0. The Balaban J connectivity index is 2.67. The number of rotatable bonds is 10. The maximum absolute atomic E-state index is 12.3. The molecule has 1 rings (SSSR count). The van der Waals surface area contributed by atoms with Gasteiger partial charge in [0.1, 0.15) is 0 Å². The number of ether oxygens (including phenoxy) is 1. The molecule has 0 aromatic rings. The molecule has 140 valence electrons. The fourth-order valence-electron chi connectivity index (χ4n) is 2.34. The highest BCUT2D eigenvalue weighted by atomic mass is 16.5. The summed E-state index contributed by atoms with van der Waals surface area (Å²) in [6.07, 6.45) is 0.208. The molecule has 0 fully saturated rings. The average Bonchev–Trinajstić information content (AvgIpc) is 2.57. The Morgan fingerprint density at radius 3 is 1.92 bits per heavy atom. The molecule has 0 bridgehead atoms. The van der Waals surface area contributed by atoms with E-state index in [-0.39, 0.29) is 48.7 Å².